The molecule has 2 aromatic rings. The number of benzene rings is 1. The fraction of sp³-hybridized carbons (Fsp3) is 0.333. The van der Waals surface area contributed by atoms with Gasteiger partial charge >= 0.3 is 5.97 Å². The van der Waals surface area contributed by atoms with Gasteiger partial charge in [0.15, 0.2) is 0 Å². The summed E-state index contributed by atoms with van der Waals surface area (Å²) in [5.41, 5.74) is 1.44. The van der Waals surface area contributed by atoms with Crippen molar-refractivity contribution in [3.05, 3.63) is 46.8 Å². The molecule has 0 radical (unpaired) electrons. The number of ether oxygens (including phenoxy) is 1. The Morgan fingerprint density at radius 2 is 2.04 bits per heavy atom. The Morgan fingerprint density at radius 3 is 2.62 bits per heavy atom. The number of hydrogen-bond acceptors (Lipinski definition) is 7. The van der Waals surface area contributed by atoms with Gasteiger partial charge in [-0.15, -0.1) is 0 Å². The Labute approximate surface area is 140 Å². The summed E-state index contributed by atoms with van der Waals surface area (Å²) in [6, 6.07) is 5.54. The number of rotatable bonds is 6. The third kappa shape index (κ3) is 3.64. The fourth-order valence-corrected chi connectivity index (χ4v) is 2.98. The van der Waals surface area contributed by atoms with E-state index in [1.54, 1.807) is 13.8 Å². The van der Waals surface area contributed by atoms with Gasteiger partial charge in [-0.25, -0.2) is 13.2 Å². The Morgan fingerprint density at radius 1 is 1.33 bits per heavy atom. The second-order valence-electron chi connectivity index (χ2n) is 5.00. The number of sulfonamides is 1. The van der Waals surface area contributed by atoms with Crippen LogP contribution in [0.3, 0.4) is 0 Å². The maximum Gasteiger partial charge on any atom is 0.338 e. The lowest BCUT2D eigenvalue weighted by Crippen LogP contribution is -2.25. The van der Waals surface area contributed by atoms with Crippen molar-refractivity contribution in [1.29, 1.82) is 0 Å². The summed E-state index contributed by atoms with van der Waals surface area (Å²) >= 11 is 0. The summed E-state index contributed by atoms with van der Waals surface area (Å²) < 4.78 is 35.3. The van der Waals surface area contributed by atoms with Gasteiger partial charge in [-0.3, -0.25) is 4.84 Å². The van der Waals surface area contributed by atoms with Gasteiger partial charge in [0, 0.05) is 7.05 Å². The molecule has 0 saturated heterocycles. The number of esters is 1. The van der Waals surface area contributed by atoms with Gasteiger partial charge in [0.25, 0.3) is 10.0 Å². The molecule has 0 saturated carbocycles. The number of hydroxylamine groups is 1. The zero-order chi connectivity index (χ0) is 17.9. The maximum atomic E-state index is 12.2. The molecule has 2 rings (SSSR count). The molecular formula is C15H18N2O6S. The molecule has 0 spiro atoms. The first-order valence-corrected chi connectivity index (χ1v) is 8.43. The van der Waals surface area contributed by atoms with Crippen molar-refractivity contribution >= 4 is 16.0 Å². The number of carbonyl (C=O) groups is 1. The van der Waals surface area contributed by atoms with E-state index in [4.69, 9.17) is 14.1 Å². The summed E-state index contributed by atoms with van der Waals surface area (Å²) in [7, 11) is -1.34. The van der Waals surface area contributed by atoms with Crippen LogP contribution >= 0.6 is 0 Å². The summed E-state index contributed by atoms with van der Waals surface area (Å²) in [4.78, 5) is 16.8. The molecule has 0 amide bonds. The first-order chi connectivity index (χ1) is 11.3. The molecule has 8 nitrogen and oxygen atoms in total. The SMILES string of the molecule is CON(C)S(=O)(=O)c1cccc(C(=O)OCc2c(C)noc2C)c1. The Balaban J connectivity index is 2.18. The first kappa shape index (κ1) is 18.1. The second-order valence-corrected chi connectivity index (χ2v) is 6.94. The highest BCUT2D eigenvalue weighted by atomic mass is 32.2. The van der Waals surface area contributed by atoms with E-state index in [2.05, 4.69) is 5.16 Å². The quantitative estimate of drug-likeness (QED) is 0.576. The number of hydrogen-bond donors (Lipinski definition) is 0. The number of nitrogens with zero attached hydrogens (tertiary/aromatic N) is 2. The van der Waals surface area contributed by atoms with E-state index in [9.17, 15) is 13.2 Å². The van der Waals surface area contributed by atoms with Gasteiger partial charge in [0.2, 0.25) is 0 Å². The van der Waals surface area contributed by atoms with E-state index in [-0.39, 0.29) is 17.1 Å². The second kappa shape index (κ2) is 7.12. The molecule has 0 bridgehead atoms. The van der Waals surface area contributed by atoms with Gasteiger partial charge in [-0.2, -0.15) is 0 Å². The maximum absolute atomic E-state index is 12.2. The Bertz CT molecular complexity index is 824. The predicted octanol–water partition coefficient (Wildman–Crippen LogP) is 1.83. The Hall–Kier alpha value is -2.23. The van der Waals surface area contributed by atoms with E-state index in [1.807, 2.05) is 0 Å². The van der Waals surface area contributed by atoms with Crippen LogP contribution in [0.5, 0.6) is 0 Å². The van der Waals surface area contributed by atoms with E-state index in [0.717, 1.165) is 0 Å². The van der Waals surface area contributed by atoms with E-state index in [0.29, 0.717) is 21.5 Å². The number of aromatic nitrogens is 1. The van der Waals surface area contributed by atoms with Gasteiger partial charge in [-0.05, 0) is 32.0 Å². The molecule has 24 heavy (non-hydrogen) atoms. The van der Waals surface area contributed by atoms with Gasteiger partial charge in [0.05, 0.1) is 28.8 Å². The average Bonchev–Trinajstić information content (AvgIpc) is 2.90. The summed E-state index contributed by atoms with van der Waals surface area (Å²) in [5, 5.41) is 3.78. The zero-order valence-corrected chi connectivity index (χ0v) is 14.6. The summed E-state index contributed by atoms with van der Waals surface area (Å²) in [6.07, 6.45) is 0. The monoisotopic (exact) mass is 354 g/mol. The highest BCUT2D eigenvalue weighted by Crippen LogP contribution is 2.18. The lowest BCUT2D eigenvalue weighted by molar-refractivity contribution is -0.0258. The normalized spacial score (nSPS) is 11.7. The van der Waals surface area contributed by atoms with Gasteiger partial charge in [-0.1, -0.05) is 15.7 Å². The smallest absolute Gasteiger partial charge is 0.338 e. The minimum atomic E-state index is -3.84. The van der Waals surface area contributed by atoms with Gasteiger partial charge in [0.1, 0.15) is 12.4 Å². The highest BCUT2D eigenvalue weighted by Gasteiger charge is 2.22. The van der Waals surface area contributed by atoms with Crippen molar-refractivity contribution in [1.82, 2.24) is 9.63 Å². The summed E-state index contributed by atoms with van der Waals surface area (Å²) in [6.45, 7) is 3.46. The molecule has 0 aliphatic rings. The lowest BCUT2D eigenvalue weighted by atomic mass is 10.2. The molecule has 0 fully saturated rings. The van der Waals surface area contributed by atoms with Crippen LogP contribution in [-0.2, 0) is 26.2 Å². The zero-order valence-electron chi connectivity index (χ0n) is 13.8. The van der Waals surface area contributed by atoms with Crippen LogP contribution < -0.4 is 0 Å². The van der Waals surface area contributed by atoms with E-state index >= 15 is 0 Å². The van der Waals surface area contributed by atoms with Crippen LogP contribution in [0.1, 0.15) is 27.4 Å². The molecule has 0 atom stereocenters. The van der Waals surface area contributed by atoms with Crippen molar-refractivity contribution in [3.8, 4) is 0 Å². The van der Waals surface area contributed by atoms with Crippen molar-refractivity contribution in [3.63, 3.8) is 0 Å². The van der Waals surface area contributed by atoms with E-state index < -0.39 is 16.0 Å². The fourth-order valence-electron chi connectivity index (χ4n) is 1.96. The number of carbonyl (C=O) groups excluding carboxylic acids is 1. The molecule has 0 unspecified atom stereocenters. The number of aryl methyl sites for hydroxylation is 2. The first-order valence-electron chi connectivity index (χ1n) is 6.99. The topological polar surface area (TPSA) is 98.9 Å². The molecule has 9 heteroatoms. The van der Waals surface area contributed by atoms with Crippen LogP contribution in [0, 0.1) is 13.8 Å². The van der Waals surface area contributed by atoms with Crippen LogP contribution in [0.4, 0.5) is 0 Å². The largest absolute Gasteiger partial charge is 0.457 e. The average molecular weight is 354 g/mol. The molecule has 1 heterocycles. The highest BCUT2D eigenvalue weighted by molar-refractivity contribution is 7.89. The molecular weight excluding hydrogens is 336 g/mol. The molecule has 0 aliphatic heterocycles. The molecule has 0 N–H and O–H groups in total. The third-order valence-electron chi connectivity index (χ3n) is 3.49. The van der Waals surface area contributed by atoms with Crippen LogP contribution in [0.2, 0.25) is 0 Å². The Kier molecular flexibility index (Phi) is 5.37. The molecule has 0 aliphatic carbocycles. The van der Waals surface area contributed by atoms with E-state index in [1.165, 1.54) is 38.4 Å². The van der Waals surface area contributed by atoms with Crippen molar-refractivity contribution in [2.24, 2.45) is 0 Å². The predicted molar refractivity (Wildman–Crippen MR) is 83.5 cm³/mol. The lowest BCUT2D eigenvalue weighted by Gasteiger charge is -2.14. The summed E-state index contributed by atoms with van der Waals surface area (Å²) in [5.74, 6) is -0.0783. The molecule has 130 valence electrons. The minimum Gasteiger partial charge on any atom is -0.457 e. The third-order valence-corrected chi connectivity index (χ3v) is 5.17. The molecule has 1 aromatic heterocycles. The van der Waals surface area contributed by atoms with Gasteiger partial charge < -0.3 is 9.26 Å². The van der Waals surface area contributed by atoms with Crippen LogP contribution in [0.25, 0.3) is 0 Å². The standard InChI is InChI=1S/C15H18N2O6S/c1-10-14(11(2)23-16-10)9-22-15(18)12-6-5-7-13(8-12)24(19,20)17(3)21-4/h5-8H,9H2,1-4H3. The molecule has 1 aromatic carbocycles. The van der Waals surface area contributed by atoms with Crippen molar-refractivity contribution in [2.75, 3.05) is 14.2 Å². The minimum absolute atomic E-state index is 0.00501. The van der Waals surface area contributed by atoms with Crippen LogP contribution in [0.15, 0.2) is 33.7 Å². The van der Waals surface area contributed by atoms with Crippen molar-refractivity contribution < 1.29 is 27.3 Å². The van der Waals surface area contributed by atoms with Crippen molar-refractivity contribution in [2.45, 2.75) is 25.3 Å². The van der Waals surface area contributed by atoms with Crippen LogP contribution in [-0.4, -0.2) is 38.2 Å².